The smallest absolute Gasteiger partial charge is 0.361 e. The number of hydrogen-bond donors (Lipinski definition) is 1. The molecule has 0 fully saturated rings. The normalized spacial score (nSPS) is 11.5. The van der Waals surface area contributed by atoms with Crippen LogP contribution in [0.25, 0.3) is 0 Å². The zero-order valence-corrected chi connectivity index (χ0v) is 13.3. The quantitative estimate of drug-likeness (QED) is 0.837. The molecule has 0 saturated carbocycles. The second kappa shape index (κ2) is 7.08. The number of aromatic nitrogens is 1. The predicted molar refractivity (Wildman–Crippen MR) is 80.4 cm³/mol. The van der Waals surface area contributed by atoms with Crippen LogP contribution in [-0.4, -0.2) is 23.8 Å². The number of nitrogens with zero attached hydrogens (tertiary/aromatic N) is 1. The number of nitrogens with one attached hydrogen (secondary N) is 1. The fourth-order valence-corrected chi connectivity index (χ4v) is 3.12. The number of hydrogen-bond acceptors (Lipinski definition) is 4. The van der Waals surface area contributed by atoms with Crippen LogP contribution in [0.2, 0.25) is 0 Å². The Labute approximate surface area is 135 Å². The highest BCUT2D eigenvalue weighted by atomic mass is 32.2. The zero-order chi connectivity index (χ0) is 17.0. The number of carbonyl (C=O) groups is 1. The molecule has 0 spiro atoms. The van der Waals surface area contributed by atoms with Gasteiger partial charge in [0.15, 0.2) is 0 Å². The number of carbonyl (C=O) groups excluding carboxylic acids is 1. The molecule has 124 valence electrons. The van der Waals surface area contributed by atoms with Crippen molar-refractivity contribution in [3.63, 3.8) is 0 Å². The largest absolute Gasteiger partial charge is 0.405 e. The molecule has 0 unspecified atom stereocenters. The van der Waals surface area contributed by atoms with Crippen LogP contribution in [0.1, 0.15) is 27.4 Å². The maximum Gasteiger partial charge on any atom is 0.405 e. The number of halogens is 3. The first-order chi connectivity index (χ1) is 10.8. The van der Waals surface area contributed by atoms with Crippen molar-refractivity contribution in [2.45, 2.75) is 30.7 Å². The van der Waals surface area contributed by atoms with Crippen molar-refractivity contribution in [1.82, 2.24) is 10.5 Å². The van der Waals surface area contributed by atoms with Crippen LogP contribution < -0.4 is 5.32 Å². The van der Waals surface area contributed by atoms with Crippen molar-refractivity contribution in [1.29, 1.82) is 0 Å². The van der Waals surface area contributed by atoms with Gasteiger partial charge in [-0.2, -0.15) is 13.2 Å². The lowest BCUT2D eigenvalue weighted by Gasteiger charge is -2.11. The lowest BCUT2D eigenvalue weighted by Crippen LogP contribution is -2.33. The molecule has 0 atom stereocenters. The number of amides is 1. The fourth-order valence-electron chi connectivity index (χ4n) is 1.91. The first-order valence-corrected chi connectivity index (χ1v) is 7.75. The van der Waals surface area contributed by atoms with Crippen LogP contribution in [-0.2, 0) is 5.75 Å². The summed E-state index contributed by atoms with van der Waals surface area (Å²) in [6.45, 7) is 2.25. The molecule has 0 aliphatic heterocycles. The van der Waals surface area contributed by atoms with E-state index in [2.05, 4.69) is 5.16 Å². The Morgan fingerprint density at radius 2 is 2.00 bits per heavy atom. The van der Waals surface area contributed by atoms with Crippen molar-refractivity contribution in [2.24, 2.45) is 0 Å². The molecule has 0 saturated heterocycles. The van der Waals surface area contributed by atoms with E-state index < -0.39 is 18.6 Å². The molecule has 0 radical (unpaired) electrons. The van der Waals surface area contributed by atoms with Crippen molar-refractivity contribution in [3.8, 4) is 0 Å². The number of benzene rings is 1. The van der Waals surface area contributed by atoms with Crippen LogP contribution in [0.4, 0.5) is 13.2 Å². The third-order valence-electron chi connectivity index (χ3n) is 3.13. The third-order valence-corrected chi connectivity index (χ3v) is 4.23. The minimum Gasteiger partial charge on any atom is -0.361 e. The number of rotatable bonds is 5. The lowest BCUT2D eigenvalue weighted by molar-refractivity contribution is -0.123. The molecule has 1 aromatic heterocycles. The summed E-state index contributed by atoms with van der Waals surface area (Å²) in [5.41, 5.74) is 1.89. The highest BCUT2D eigenvalue weighted by molar-refractivity contribution is 7.98. The molecule has 4 nitrogen and oxygen atoms in total. The Bertz CT molecular complexity index is 679. The molecule has 2 aromatic rings. The number of aryl methyl sites for hydroxylation is 2. The minimum absolute atomic E-state index is 0.216. The van der Waals surface area contributed by atoms with E-state index in [-0.39, 0.29) is 5.56 Å². The van der Waals surface area contributed by atoms with Gasteiger partial charge in [-0.3, -0.25) is 4.79 Å². The summed E-state index contributed by atoms with van der Waals surface area (Å²) in [5.74, 6) is 0.461. The summed E-state index contributed by atoms with van der Waals surface area (Å²) < 4.78 is 41.7. The SMILES string of the molecule is Cc1noc(C)c1CSc1ccccc1C(=O)NCC(F)(F)F. The monoisotopic (exact) mass is 344 g/mol. The molecule has 0 aliphatic carbocycles. The Morgan fingerprint density at radius 3 is 2.61 bits per heavy atom. The van der Waals surface area contributed by atoms with E-state index in [0.29, 0.717) is 16.4 Å². The Hall–Kier alpha value is -1.96. The van der Waals surface area contributed by atoms with E-state index in [1.54, 1.807) is 25.1 Å². The van der Waals surface area contributed by atoms with E-state index in [1.165, 1.54) is 17.8 Å². The highest BCUT2D eigenvalue weighted by Crippen LogP contribution is 2.28. The van der Waals surface area contributed by atoms with E-state index in [4.69, 9.17) is 4.52 Å². The standard InChI is InChI=1S/C15H15F3N2O2S/c1-9-12(10(2)22-20-9)7-23-13-6-4-3-5-11(13)14(21)19-8-15(16,17)18/h3-6H,7-8H2,1-2H3,(H,19,21). The van der Waals surface area contributed by atoms with Crippen LogP contribution >= 0.6 is 11.8 Å². The predicted octanol–water partition coefficient (Wildman–Crippen LogP) is 3.88. The maximum atomic E-state index is 12.2. The van der Waals surface area contributed by atoms with E-state index in [1.807, 2.05) is 12.2 Å². The van der Waals surface area contributed by atoms with E-state index in [0.717, 1.165) is 11.3 Å². The third kappa shape index (κ3) is 4.75. The maximum absolute atomic E-state index is 12.2. The molecular weight excluding hydrogens is 329 g/mol. The molecule has 23 heavy (non-hydrogen) atoms. The van der Waals surface area contributed by atoms with Gasteiger partial charge in [0.2, 0.25) is 0 Å². The molecule has 1 N–H and O–H groups in total. The first kappa shape index (κ1) is 17.4. The molecule has 0 aliphatic rings. The average molecular weight is 344 g/mol. The first-order valence-electron chi connectivity index (χ1n) is 6.76. The Balaban J connectivity index is 2.10. The summed E-state index contributed by atoms with van der Waals surface area (Å²) in [4.78, 5) is 12.6. The summed E-state index contributed by atoms with van der Waals surface area (Å²) in [6, 6.07) is 6.55. The van der Waals surface area contributed by atoms with Crippen LogP contribution in [0.15, 0.2) is 33.7 Å². The topological polar surface area (TPSA) is 55.1 Å². The van der Waals surface area contributed by atoms with Gasteiger partial charge in [-0.15, -0.1) is 11.8 Å². The van der Waals surface area contributed by atoms with Gasteiger partial charge < -0.3 is 9.84 Å². The second-order valence-electron chi connectivity index (χ2n) is 4.89. The van der Waals surface area contributed by atoms with Gasteiger partial charge in [-0.25, -0.2) is 0 Å². The van der Waals surface area contributed by atoms with E-state index in [9.17, 15) is 18.0 Å². The average Bonchev–Trinajstić information content (AvgIpc) is 2.81. The fraction of sp³-hybridized carbons (Fsp3) is 0.333. The van der Waals surface area contributed by atoms with Crippen LogP contribution in [0.3, 0.4) is 0 Å². The van der Waals surface area contributed by atoms with Crippen LogP contribution in [0.5, 0.6) is 0 Å². The lowest BCUT2D eigenvalue weighted by atomic mass is 10.2. The van der Waals surface area contributed by atoms with Crippen molar-refractivity contribution in [3.05, 3.63) is 46.8 Å². The zero-order valence-electron chi connectivity index (χ0n) is 12.5. The number of thioether (sulfide) groups is 1. The Kier molecular flexibility index (Phi) is 5.35. The van der Waals surface area contributed by atoms with Gasteiger partial charge in [0, 0.05) is 16.2 Å². The van der Waals surface area contributed by atoms with Gasteiger partial charge >= 0.3 is 6.18 Å². The summed E-state index contributed by atoms with van der Waals surface area (Å²) in [7, 11) is 0. The Morgan fingerprint density at radius 1 is 1.30 bits per heavy atom. The van der Waals surface area contributed by atoms with Gasteiger partial charge in [-0.05, 0) is 26.0 Å². The highest BCUT2D eigenvalue weighted by Gasteiger charge is 2.28. The molecule has 1 heterocycles. The van der Waals surface area contributed by atoms with Gasteiger partial charge in [0.25, 0.3) is 5.91 Å². The number of alkyl halides is 3. The van der Waals surface area contributed by atoms with Gasteiger partial charge in [-0.1, -0.05) is 17.3 Å². The minimum atomic E-state index is -4.44. The molecule has 2 rings (SSSR count). The van der Waals surface area contributed by atoms with Gasteiger partial charge in [0.05, 0.1) is 11.3 Å². The van der Waals surface area contributed by atoms with Crippen LogP contribution in [0, 0.1) is 13.8 Å². The summed E-state index contributed by atoms with van der Waals surface area (Å²) in [5, 5.41) is 5.74. The molecule has 1 aromatic carbocycles. The molecule has 1 amide bonds. The summed E-state index contributed by atoms with van der Waals surface area (Å²) >= 11 is 1.35. The van der Waals surface area contributed by atoms with Gasteiger partial charge in [0.1, 0.15) is 12.3 Å². The van der Waals surface area contributed by atoms with Crippen molar-refractivity contribution in [2.75, 3.05) is 6.54 Å². The molecule has 8 heteroatoms. The van der Waals surface area contributed by atoms with Crippen molar-refractivity contribution >= 4 is 17.7 Å². The molecule has 0 bridgehead atoms. The molecular formula is C15H15F3N2O2S. The second-order valence-corrected chi connectivity index (χ2v) is 5.90. The van der Waals surface area contributed by atoms with E-state index >= 15 is 0 Å². The summed E-state index contributed by atoms with van der Waals surface area (Å²) in [6.07, 6.45) is -4.44. The van der Waals surface area contributed by atoms with Crippen molar-refractivity contribution < 1.29 is 22.5 Å².